The van der Waals surface area contributed by atoms with E-state index in [1.54, 1.807) is 0 Å². The molecular weight excluding hydrogens is 1380 g/mol. The Balaban J connectivity index is 0.738. The van der Waals surface area contributed by atoms with Crippen molar-refractivity contribution in [1.82, 2.24) is 29.1 Å². The van der Waals surface area contributed by atoms with Crippen LogP contribution in [0.4, 0.5) is 0 Å². The number of hydrogen-bond donors (Lipinski definition) is 4. The lowest BCUT2D eigenvalue weighted by Crippen LogP contribution is -2.26. The van der Waals surface area contributed by atoms with Gasteiger partial charge in [-0.05, 0) is 193 Å². The van der Waals surface area contributed by atoms with E-state index < -0.39 is 58.0 Å². The molecule has 18 nitrogen and oxygen atoms in total. The van der Waals surface area contributed by atoms with Gasteiger partial charge in [-0.2, -0.15) is 0 Å². The van der Waals surface area contributed by atoms with Gasteiger partial charge in [0.05, 0.1) is 33.4 Å². The van der Waals surface area contributed by atoms with Gasteiger partial charge in [0.1, 0.15) is 49.2 Å². The van der Waals surface area contributed by atoms with Crippen molar-refractivity contribution < 1.29 is 38.1 Å². The predicted molar refractivity (Wildman–Crippen MR) is 427 cm³/mol. The number of hydrogen-bond acceptors (Lipinski definition) is 12. The van der Waals surface area contributed by atoms with E-state index in [2.05, 4.69) is 44.2 Å². The summed E-state index contributed by atoms with van der Waals surface area (Å²) in [5.41, 5.74) is 16.3. The fourth-order valence-electron chi connectivity index (χ4n) is 16.1. The molecule has 0 fully saturated rings. The first kappa shape index (κ1) is 76.0. The van der Waals surface area contributed by atoms with Crippen LogP contribution in [-0.2, 0) is 97.0 Å². The number of fused-ring (bicyclic) bond motifs is 2. The first-order valence-corrected chi connectivity index (χ1v) is 38.2. The van der Waals surface area contributed by atoms with Crippen molar-refractivity contribution in [1.29, 1.82) is 0 Å². The van der Waals surface area contributed by atoms with Crippen LogP contribution in [0.1, 0.15) is 219 Å². The van der Waals surface area contributed by atoms with Gasteiger partial charge in [0.25, 0.3) is 22.2 Å². The number of H-pyrrole nitrogens is 4. The maximum atomic E-state index is 14.4. The van der Waals surface area contributed by atoms with E-state index >= 15 is 0 Å². The molecule has 18 heteroatoms. The Labute approximate surface area is 638 Å². The zero-order chi connectivity index (χ0) is 77.3. The summed E-state index contributed by atoms with van der Waals surface area (Å²) in [6.45, 7) is 16.5. The van der Waals surface area contributed by atoms with Crippen LogP contribution in [0.15, 0.2) is 201 Å². The topological polar surface area (TPSA) is 246 Å². The van der Waals surface area contributed by atoms with Gasteiger partial charge >= 0.3 is 23.9 Å². The lowest BCUT2D eigenvalue weighted by atomic mass is 9.84. The lowest BCUT2D eigenvalue weighted by Gasteiger charge is -2.22. The minimum atomic E-state index is -0.540. The van der Waals surface area contributed by atoms with Crippen LogP contribution in [0.3, 0.4) is 0 Å². The molecule has 0 spiro atoms. The van der Waals surface area contributed by atoms with Crippen molar-refractivity contribution in [3.8, 4) is 0 Å². The van der Waals surface area contributed by atoms with Crippen LogP contribution in [0.5, 0.6) is 0 Å². The summed E-state index contributed by atoms with van der Waals surface area (Å²) < 4.78 is 26.1. The van der Waals surface area contributed by atoms with Crippen molar-refractivity contribution >= 4 is 45.4 Å². The molecule has 562 valence electrons. The van der Waals surface area contributed by atoms with Crippen molar-refractivity contribution in [3.63, 3.8) is 0 Å². The summed E-state index contributed by atoms with van der Waals surface area (Å²) in [6.07, 6.45) is 5.16. The number of aromatic nitrogens is 6. The highest BCUT2D eigenvalue weighted by Crippen LogP contribution is 2.43. The zero-order valence-electron chi connectivity index (χ0n) is 63.6. The molecule has 0 aliphatic carbocycles. The number of nitrogens with one attached hydrogen (secondary N) is 4. The second-order valence-electron chi connectivity index (χ2n) is 28.4. The summed E-state index contributed by atoms with van der Waals surface area (Å²) >= 11 is 0. The highest BCUT2D eigenvalue weighted by Gasteiger charge is 2.35. The third-order valence-corrected chi connectivity index (χ3v) is 21.9. The monoisotopic (exact) mass is 1470 g/mol. The van der Waals surface area contributed by atoms with Crippen molar-refractivity contribution in [2.24, 2.45) is 0 Å². The van der Waals surface area contributed by atoms with Crippen LogP contribution in [0, 0.1) is 27.7 Å². The molecule has 0 aliphatic heterocycles. The summed E-state index contributed by atoms with van der Waals surface area (Å²) in [5.74, 6) is -3.02. The molecule has 0 radical (unpaired) electrons. The fourth-order valence-corrected chi connectivity index (χ4v) is 16.1. The third kappa shape index (κ3) is 15.5. The van der Waals surface area contributed by atoms with E-state index in [1.807, 2.05) is 201 Å². The number of rotatable bonds is 32. The van der Waals surface area contributed by atoms with Crippen LogP contribution in [0.2, 0.25) is 0 Å². The Morgan fingerprint density at radius 1 is 0.327 bits per heavy atom. The molecule has 0 saturated carbocycles. The number of carbonyl (C=O) groups is 4. The summed E-state index contributed by atoms with van der Waals surface area (Å²) in [4.78, 5) is 128. The predicted octanol–water partition coefficient (Wildman–Crippen LogP) is 16.5. The molecule has 13 rings (SSSR count). The quantitative estimate of drug-likeness (QED) is 0.0175. The Morgan fingerprint density at radius 2 is 0.564 bits per heavy atom. The van der Waals surface area contributed by atoms with E-state index in [-0.39, 0.29) is 61.1 Å². The Kier molecular flexibility index (Phi) is 23.5. The van der Waals surface area contributed by atoms with Gasteiger partial charge in [0.2, 0.25) is 0 Å². The molecule has 6 heterocycles. The van der Waals surface area contributed by atoms with Gasteiger partial charge in [-0.3, -0.25) is 28.3 Å². The number of unbranched alkanes of at least 4 members (excludes halogenated alkanes) is 2. The van der Waals surface area contributed by atoms with Crippen LogP contribution in [-0.4, -0.2) is 52.9 Å². The molecule has 0 aliphatic rings. The molecule has 0 unspecified atom stereocenters. The molecule has 6 aromatic heterocycles. The SMILES string of the molecule is CCc1c(C(=O)OCc2ccccc2)[nH]c(C(c2ccccc2CCCCn2c(=O)c3cc4c(=O)n(CCCCc5ccccc5C(c5[nH]c(C(=O)OCc6ccccc6)c(CC)c5C)c5[nH]c(C(=O)OCc6ccccc6)c(CC)c5C)c(=O)c4cc3c2=O)c2[nH]c(C(=O)OCc3ccccc3)c(CC)c2C)c1C. The van der Waals surface area contributed by atoms with E-state index in [1.165, 1.54) is 21.3 Å². The molecule has 0 atom stereocenters. The van der Waals surface area contributed by atoms with Crippen molar-refractivity contribution in [2.45, 2.75) is 171 Å². The fraction of sp³-hybridized carbons (Fsp3) is 0.283. The molecule has 110 heavy (non-hydrogen) atoms. The van der Waals surface area contributed by atoms with Crippen molar-refractivity contribution in [3.05, 3.63) is 358 Å². The summed E-state index contributed by atoms with van der Waals surface area (Å²) in [5, 5.41) is 0.287. The number of aryl methyl sites for hydroxylation is 2. The largest absolute Gasteiger partial charge is 0.456 e. The molecule has 13 aromatic rings. The first-order valence-electron chi connectivity index (χ1n) is 38.2. The van der Waals surface area contributed by atoms with E-state index in [0.717, 1.165) is 112 Å². The average Bonchev–Trinajstić information content (AvgIpc) is 1.59. The molecule has 0 bridgehead atoms. The maximum Gasteiger partial charge on any atom is 0.355 e. The Hall–Kier alpha value is -12.2. The van der Waals surface area contributed by atoms with Gasteiger partial charge in [-0.25, -0.2) is 19.2 Å². The minimum absolute atomic E-state index is 0.0716. The second-order valence-corrected chi connectivity index (χ2v) is 28.4. The smallest absolute Gasteiger partial charge is 0.355 e. The van der Waals surface area contributed by atoms with E-state index in [0.29, 0.717) is 87.0 Å². The molecular formula is C92H92N6O12. The van der Waals surface area contributed by atoms with Gasteiger partial charge in [0.15, 0.2) is 0 Å². The number of carbonyl (C=O) groups excluding carboxylic acids is 4. The standard InChI is InChI=1S/C92H92N6O12/c1-9-65-55(5)77(93-81(65)89(103)107-51-59-33-17-13-18-34-59)75(78-56(6)66(10-2)82(94-78)90(104)108-52-60-35-19-14-20-36-60)69-45-27-25-41-63(69)43-29-31-47-97-85(99)71-49-73-74(50-72(71)86(97)100)88(102)98(87(73)101)48-32-30-44-64-42-26-28-46-70(64)76(79-57(7)67(11-3)83(95-79)91(105)109-53-61-37-21-15-22-38-61)80-58(8)68(12-4)84(96-80)92(106)110-54-62-39-23-16-24-40-62/h13-28,33-42,45-46,49-50,75-76,93-96H,9-12,29-32,43-44,47-48,51-54H2,1-8H3. The van der Waals surface area contributed by atoms with Gasteiger partial charge in [0, 0.05) is 35.9 Å². The maximum absolute atomic E-state index is 14.4. The van der Waals surface area contributed by atoms with Crippen molar-refractivity contribution in [2.75, 3.05) is 0 Å². The third-order valence-electron chi connectivity index (χ3n) is 21.9. The number of ether oxygens (including phenoxy) is 4. The second kappa shape index (κ2) is 33.9. The number of aromatic amines is 4. The lowest BCUT2D eigenvalue weighted by molar-refractivity contribution is 0.0456. The minimum Gasteiger partial charge on any atom is -0.456 e. The van der Waals surface area contributed by atoms with Crippen LogP contribution < -0.4 is 22.2 Å². The zero-order valence-corrected chi connectivity index (χ0v) is 63.6. The summed E-state index contributed by atoms with van der Waals surface area (Å²) in [7, 11) is 0. The molecule has 4 N–H and O–H groups in total. The highest BCUT2D eigenvalue weighted by molar-refractivity contribution is 5.98. The van der Waals surface area contributed by atoms with Crippen LogP contribution >= 0.6 is 0 Å². The van der Waals surface area contributed by atoms with E-state index in [4.69, 9.17) is 18.9 Å². The number of esters is 4. The number of nitrogens with zero attached hydrogens (tertiary/aromatic N) is 2. The van der Waals surface area contributed by atoms with Crippen LogP contribution in [0.25, 0.3) is 21.5 Å². The molecule has 7 aromatic carbocycles. The molecule has 0 amide bonds. The number of benzene rings is 7. The Morgan fingerprint density at radius 3 is 0.809 bits per heavy atom. The first-order chi connectivity index (χ1) is 53.4. The van der Waals surface area contributed by atoms with Gasteiger partial charge in [-0.15, -0.1) is 0 Å². The van der Waals surface area contributed by atoms with Gasteiger partial charge in [-0.1, -0.05) is 198 Å². The van der Waals surface area contributed by atoms with Gasteiger partial charge < -0.3 is 38.9 Å². The normalized spacial score (nSPS) is 11.6. The molecule has 0 saturated heterocycles. The highest BCUT2D eigenvalue weighted by atomic mass is 16.5. The summed E-state index contributed by atoms with van der Waals surface area (Å²) in [6, 6.07) is 57.0. The Bertz CT molecular complexity index is 5100. The average molecular weight is 1470 g/mol. The van der Waals surface area contributed by atoms with E-state index in [9.17, 15) is 38.4 Å².